The number of carbonyl (C=O) groups excluding carboxylic acids is 1. The predicted octanol–water partition coefficient (Wildman–Crippen LogP) is 5.05. The molecule has 0 saturated carbocycles. The molecule has 0 fully saturated rings. The van der Waals surface area contributed by atoms with Gasteiger partial charge in [-0.25, -0.2) is 0 Å². The van der Waals surface area contributed by atoms with E-state index in [1.54, 1.807) is 26.4 Å². The highest BCUT2D eigenvalue weighted by Crippen LogP contribution is 2.31. The fourth-order valence-electron chi connectivity index (χ4n) is 3.84. The summed E-state index contributed by atoms with van der Waals surface area (Å²) in [4.78, 5) is 15.2. The fraction of sp³-hybridized carbons (Fsp3) is 0.667. The summed E-state index contributed by atoms with van der Waals surface area (Å²) in [5, 5.41) is 10.5. The average Bonchev–Trinajstić information content (AvgIpc) is 2.77. The predicted molar refractivity (Wildman–Crippen MR) is 134 cm³/mol. The van der Waals surface area contributed by atoms with Crippen LogP contribution >= 0.6 is 0 Å². The second kappa shape index (κ2) is 15.1. The Hall–Kier alpha value is -1.89. The quantitative estimate of drug-likeness (QED) is 0.160. The first-order chi connectivity index (χ1) is 15.6. The Kier molecular flexibility index (Phi) is 13.3. The van der Waals surface area contributed by atoms with Gasteiger partial charge in [0.2, 0.25) is 0 Å². The van der Waals surface area contributed by atoms with E-state index in [-0.39, 0.29) is 23.5 Å². The molecule has 33 heavy (non-hydrogen) atoms. The Bertz CT molecular complexity index is 729. The summed E-state index contributed by atoms with van der Waals surface area (Å²) in [7, 11) is 7.04. The first-order valence-electron chi connectivity index (χ1n) is 12.0. The number of carbonyl (C=O) groups is 1. The van der Waals surface area contributed by atoms with Crippen LogP contribution in [0.2, 0.25) is 0 Å². The molecular formula is C27H45NO5. The minimum atomic E-state index is -0.487. The number of ether oxygens (including phenoxy) is 3. The molecule has 0 spiro atoms. The Balaban J connectivity index is 2.90. The SMILES string of the molecule is COCCCOc1cc(C(=O)C(CC=CCC(C(C)C)C(O)N(C)C)C(C)C)ccc1OC. The third-order valence-corrected chi connectivity index (χ3v) is 6.07. The van der Waals surface area contributed by atoms with E-state index in [1.807, 2.05) is 25.1 Å². The number of nitrogens with zero attached hydrogens (tertiary/aromatic N) is 1. The van der Waals surface area contributed by atoms with Crippen LogP contribution in [0, 0.1) is 23.7 Å². The van der Waals surface area contributed by atoms with Gasteiger partial charge in [0.1, 0.15) is 6.23 Å². The van der Waals surface area contributed by atoms with E-state index in [9.17, 15) is 9.90 Å². The molecule has 0 aromatic heterocycles. The molecule has 6 heteroatoms. The van der Waals surface area contributed by atoms with Crippen molar-refractivity contribution in [2.24, 2.45) is 23.7 Å². The molecule has 0 saturated heterocycles. The molecule has 0 aliphatic heterocycles. The molecule has 1 rings (SSSR count). The summed E-state index contributed by atoms with van der Waals surface area (Å²) < 4.78 is 16.3. The molecule has 1 aromatic rings. The van der Waals surface area contributed by atoms with Gasteiger partial charge in [-0.15, -0.1) is 0 Å². The lowest BCUT2D eigenvalue weighted by Crippen LogP contribution is -2.37. The van der Waals surface area contributed by atoms with Gasteiger partial charge < -0.3 is 19.3 Å². The van der Waals surface area contributed by atoms with Crippen LogP contribution < -0.4 is 9.47 Å². The Morgan fingerprint density at radius 2 is 1.67 bits per heavy atom. The zero-order valence-electron chi connectivity index (χ0n) is 21.8. The molecule has 1 N–H and O–H groups in total. The van der Waals surface area contributed by atoms with Crippen LogP contribution in [0.5, 0.6) is 11.5 Å². The lowest BCUT2D eigenvalue weighted by Gasteiger charge is -2.30. The van der Waals surface area contributed by atoms with E-state index in [4.69, 9.17) is 14.2 Å². The van der Waals surface area contributed by atoms with Crippen LogP contribution in [0.15, 0.2) is 30.4 Å². The molecule has 188 valence electrons. The monoisotopic (exact) mass is 463 g/mol. The van der Waals surface area contributed by atoms with Crippen LogP contribution in [0.1, 0.15) is 57.3 Å². The first kappa shape index (κ1) is 29.1. The number of rotatable bonds is 16. The van der Waals surface area contributed by atoms with Gasteiger partial charge in [0, 0.05) is 37.5 Å². The Morgan fingerprint density at radius 3 is 2.21 bits per heavy atom. The topological polar surface area (TPSA) is 68.2 Å². The van der Waals surface area contributed by atoms with E-state index in [1.165, 1.54) is 0 Å². The van der Waals surface area contributed by atoms with Crippen molar-refractivity contribution in [1.82, 2.24) is 4.90 Å². The van der Waals surface area contributed by atoms with Crippen molar-refractivity contribution in [3.8, 4) is 11.5 Å². The molecule has 0 aliphatic rings. The number of ketones is 1. The molecule has 0 aliphatic carbocycles. The van der Waals surface area contributed by atoms with Gasteiger partial charge in [0.05, 0.1) is 13.7 Å². The highest BCUT2D eigenvalue weighted by molar-refractivity contribution is 5.98. The molecule has 3 unspecified atom stereocenters. The van der Waals surface area contributed by atoms with Crippen molar-refractivity contribution in [1.29, 1.82) is 0 Å². The molecule has 0 heterocycles. The van der Waals surface area contributed by atoms with E-state index in [0.717, 1.165) is 12.8 Å². The smallest absolute Gasteiger partial charge is 0.166 e. The summed E-state index contributed by atoms with van der Waals surface area (Å²) in [6.45, 7) is 9.53. The van der Waals surface area contributed by atoms with Gasteiger partial charge in [-0.3, -0.25) is 9.69 Å². The maximum Gasteiger partial charge on any atom is 0.166 e. The van der Waals surface area contributed by atoms with Crippen molar-refractivity contribution in [2.45, 2.75) is 53.2 Å². The van der Waals surface area contributed by atoms with Crippen LogP contribution in [-0.2, 0) is 4.74 Å². The average molecular weight is 464 g/mol. The number of hydrogen-bond donors (Lipinski definition) is 1. The molecule has 0 bridgehead atoms. The van der Waals surface area contributed by atoms with E-state index in [2.05, 4.69) is 39.8 Å². The number of Topliss-reactive ketones (excluding diaryl/α,β-unsaturated/α-hetero) is 1. The van der Waals surface area contributed by atoms with Crippen LogP contribution in [0.25, 0.3) is 0 Å². The normalized spacial score (nSPS) is 14.8. The van der Waals surface area contributed by atoms with Crippen LogP contribution in [0.3, 0.4) is 0 Å². The highest BCUT2D eigenvalue weighted by Gasteiger charge is 2.25. The number of allylic oxidation sites excluding steroid dienone is 2. The van der Waals surface area contributed by atoms with Gasteiger partial charge in [-0.05, 0) is 57.0 Å². The lowest BCUT2D eigenvalue weighted by atomic mass is 9.84. The summed E-state index contributed by atoms with van der Waals surface area (Å²) in [5.41, 5.74) is 0.632. The zero-order chi connectivity index (χ0) is 25.0. The fourth-order valence-corrected chi connectivity index (χ4v) is 3.84. The molecule has 1 aromatic carbocycles. The van der Waals surface area contributed by atoms with Crippen molar-refractivity contribution in [3.05, 3.63) is 35.9 Å². The van der Waals surface area contributed by atoms with E-state index >= 15 is 0 Å². The summed E-state index contributed by atoms with van der Waals surface area (Å²) in [6, 6.07) is 5.39. The molecule has 3 atom stereocenters. The van der Waals surface area contributed by atoms with E-state index < -0.39 is 6.23 Å². The van der Waals surface area contributed by atoms with Gasteiger partial charge in [0.25, 0.3) is 0 Å². The van der Waals surface area contributed by atoms with E-state index in [0.29, 0.717) is 42.6 Å². The molecular weight excluding hydrogens is 418 g/mol. The van der Waals surface area contributed by atoms with Crippen molar-refractivity contribution < 1.29 is 24.1 Å². The number of aliphatic hydroxyl groups is 1. The summed E-state index contributed by atoms with van der Waals surface area (Å²) in [5.74, 6) is 1.86. The maximum atomic E-state index is 13.4. The largest absolute Gasteiger partial charge is 0.493 e. The zero-order valence-corrected chi connectivity index (χ0v) is 21.8. The highest BCUT2D eigenvalue weighted by atomic mass is 16.5. The van der Waals surface area contributed by atoms with Crippen LogP contribution in [-0.4, -0.2) is 63.5 Å². The molecule has 0 amide bonds. The number of hydrogen-bond acceptors (Lipinski definition) is 6. The third-order valence-electron chi connectivity index (χ3n) is 6.07. The maximum absolute atomic E-state index is 13.4. The number of benzene rings is 1. The number of methoxy groups -OCH3 is 2. The Morgan fingerprint density at radius 1 is 1.00 bits per heavy atom. The first-order valence-corrected chi connectivity index (χ1v) is 12.0. The molecule has 0 radical (unpaired) electrons. The third kappa shape index (κ3) is 9.48. The summed E-state index contributed by atoms with van der Waals surface area (Å²) in [6.07, 6.45) is 5.91. The second-order valence-corrected chi connectivity index (χ2v) is 9.50. The second-order valence-electron chi connectivity index (χ2n) is 9.50. The standard InChI is InChI=1S/C27H45NO5/c1-19(2)22(12-9-10-13-23(20(3)4)27(30)28(5)6)26(29)21-14-15-24(32-8)25(18-21)33-17-11-16-31-7/h9-10,14-15,18-20,22-23,27,30H,11-13,16-17H2,1-8H3. The minimum absolute atomic E-state index is 0.104. The lowest BCUT2D eigenvalue weighted by molar-refractivity contribution is -0.0252. The van der Waals surface area contributed by atoms with Crippen molar-refractivity contribution >= 4 is 5.78 Å². The minimum Gasteiger partial charge on any atom is -0.493 e. The summed E-state index contributed by atoms with van der Waals surface area (Å²) >= 11 is 0. The van der Waals surface area contributed by atoms with Gasteiger partial charge in [0.15, 0.2) is 17.3 Å². The van der Waals surface area contributed by atoms with Gasteiger partial charge >= 0.3 is 0 Å². The molecule has 6 nitrogen and oxygen atoms in total. The number of aliphatic hydroxyl groups excluding tert-OH is 1. The Labute approximate surface area is 200 Å². The van der Waals surface area contributed by atoms with Crippen molar-refractivity contribution in [2.75, 3.05) is 41.5 Å². The van der Waals surface area contributed by atoms with Gasteiger partial charge in [-0.1, -0.05) is 39.8 Å². The van der Waals surface area contributed by atoms with Gasteiger partial charge in [-0.2, -0.15) is 0 Å². The van der Waals surface area contributed by atoms with Crippen LogP contribution in [0.4, 0.5) is 0 Å². The van der Waals surface area contributed by atoms with Crippen molar-refractivity contribution in [3.63, 3.8) is 0 Å².